The number of H-pyrrole nitrogens is 1. The molecule has 4 nitrogen and oxygen atoms in total. The Balaban J connectivity index is 1.53. The van der Waals surface area contributed by atoms with Gasteiger partial charge in [-0.15, -0.1) is 0 Å². The molecule has 1 saturated carbocycles. The van der Waals surface area contributed by atoms with Gasteiger partial charge < -0.3 is 15.6 Å². The maximum Gasteiger partial charge on any atom is 0.319 e. The molecule has 2 amide bonds. The van der Waals surface area contributed by atoms with E-state index in [-0.39, 0.29) is 24.3 Å². The van der Waals surface area contributed by atoms with Gasteiger partial charge in [0.15, 0.2) is 0 Å². The van der Waals surface area contributed by atoms with E-state index < -0.39 is 5.92 Å². The number of hydrogen-bond acceptors (Lipinski definition) is 1. The molecular weight excluding hydrogens is 300 g/mol. The van der Waals surface area contributed by atoms with Crippen molar-refractivity contribution in [3.8, 4) is 0 Å². The van der Waals surface area contributed by atoms with Crippen molar-refractivity contribution in [2.24, 2.45) is 5.41 Å². The highest BCUT2D eigenvalue weighted by molar-refractivity contribution is 5.92. The van der Waals surface area contributed by atoms with Crippen molar-refractivity contribution in [2.45, 2.75) is 38.5 Å². The van der Waals surface area contributed by atoms with Gasteiger partial charge in [-0.1, -0.05) is 13.0 Å². The largest absolute Gasteiger partial charge is 0.361 e. The van der Waals surface area contributed by atoms with E-state index in [4.69, 9.17) is 0 Å². The summed E-state index contributed by atoms with van der Waals surface area (Å²) in [6, 6.07) is 7.26. The summed E-state index contributed by atoms with van der Waals surface area (Å²) in [5, 5.41) is 6.66. The molecule has 1 fully saturated rings. The molecule has 0 spiro atoms. The molecule has 2 aromatic rings. The first-order valence-corrected chi connectivity index (χ1v) is 7.85. The van der Waals surface area contributed by atoms with Gasteiger partial charge in [-0.25, -0.2) is 13.6 Å². The SMILES string of the molecule is CC1(CNC(=O)Nc2ccc3cc[nH]c3c2)CCC(F)(F)CC1. The second-order valence-corrected chi connectivity index (χ2v) is 6.75. The van der Waals surface area contributed by atoms with Gasteiger partial charge in [0.25, 0.3) is 0 Å². The van der Waals surface area contributed by atoms with E-state index in [2.05, 4.69) is 15.6 Å². The fourth-order valence-electron chi connectivity index (χ4n) is 2.99. The van der Waals surface area contributed by atoms with Crippen LogP contribution in [0.3, 0.4) is 0 Å². The third-order valence-corrected chi connectivity index (χ3v) is 4.68. The average molecular weight is 321 g/mol. The second-order valence-electron chi connectivity index (χ2n) is 6.75. The molecule has 0 aliphatic heterocycles. The summed E-state index contributed by atoms with van der Waals surface area (Å²) in [6.45, 7) is 2.35. The van der Waals surface area contributed by atoms with Crippen LogP contribution in [0.15, 0.2) is 30.5 Å². The quantitative estimate of drug-likeness (QED) is 0.765. The van der Waals surface area contributed by atoms with Crippen LogP contribution in [0, 0.1) is 5.41 Å². The normalized spacial score (nSPS) is 19.4. The maximum absolute atomic E-state index is 13.2. The Kier molecular flexibility index (Phi) is 4.00. The Hall–Kier alpha value is -2.11. The first kappa shape index (κ1) is 15.8. The molecule has 3 rings (SSSR count). The van der Waals surface area contributed by atoms with Crippen LogP contribution in [0.1, 0.15) is 32.6 Å². The van der Waals surface area contributed by atoms with Crippen molar-refractivity contribution in [1.82, 2.24) is 10.3 Å². The third kappa shape index (κ3) is 3.81. The minimum absolute atomic E-state index is 0.101. The van der Waals surface area contributed by atoms with Crippen LogP contribution in [-0.2, 0) is 0 Å². The number of rotatable bonds is 3. The van der Waals surface area contributed by atoms with Crippen LogP contribution in [0.4, 0.5) is 19.3 Å². The maximum atomic E-state index is 13.2. The van der Waals surface area contributed by atoms with Crippen molar-refractivity contribution >= 4 is 22.6 Å². The lowest BCUT2D eigenvalue weighted by Gasteiger charge is -2.37. The van der Waals surface area contributed by atoms with E-state index in [9.17, 15) is 13.6 Å². The van der Waals surface area contributed by atoms with Gasteiger partial charge in [0.2, 0.25) is 5.92 Å². The Morgan fingerprint density at radius 3 is 2.70 bits per heavy atom. The molecule has 0 radical (unpaired) electrons. The number of fused-ring (bicyclic) bond motifs is 1. The van der Waals surface area contributed by atoms with E-state index in [1.807, 2.05) is 37.4 Å². The molecule has 0 bridgehead atoms. The van der Waals surface area contributed by atoms with Crippen LogP contribution in [0.2, 0.25) is 0 Å². The molecule has 6 heteroatoms. The Labute approximate surface area is 133 Å². The van der Waals surface area contributed by atoms with Crippen LogP contribution < -0.4 is 10.6 Å². The molecule has 1 aromatic carbocycles. The zero-order valence-electron chi connectivity index (χ0n) is 13.1. The number of aromatic amines is 1. The fraction of sp³-hybridized carbons (Fsp3) is 0.471. The number of halogens is 2. The highest BCUT2D eigenvalue weighted by atomic mass is 19.3. The monoisotopic (exact) mass is 321 g/mol. The molecule has 0 atom stereocenters. The topological polar surface area (TPSA) is 56.9 Å². The zero-order valence-corrected chi connectivity index (χ0v) is 13.1. The summed E-state index contributed by atoms with van der Waals surface area (Å²) < 4.78 is 26.5. The number of anilines is 1. The van der Waals surface area contributed by atoms with Crippen LogP contribution >= 0.6 is 0 Å². The van der Waals surface area contributed by atoms with Gasteiger partial charge in [-0.2, -0.15) is 0 Å². The highest BCUT2D eigenvalue weighted by Crippen LogP contribution is 2.42. The molecule has 23 heavy (non-hydrogen) atoms. The Morgan fingerprint density at radius 1 is 1.22 bits per heavy atom. The number of benzene rings is 1. The van der Waals surface area contributed by atoms with E-state index in [1.165, 1.54) is 0 Å². The van der Waals surface area contributed by atoms with Crippen molar-refractivity contribution in [3.05, 3.63) is 30.5 Å². The van der Waals surface area contributed by atoms with Gasteiger partial charge in [0.1, 0.15) is 0 Å². The number of carbonyl (C=O) groups excluding carboxylic acids is 1. The highest BCUT2D eigenvalue weighted by Gasteiger charge is 2.40. The number of aromatic nitrogens is 1. The van der Waals surface area contributed by atoms with Crippen molar-refractivity contribution < 1.29 is 13.6 Å². The van der Waals surface area contributed by atoms with Gasteiger partial charge >= 0.3 is 6.03 Å². The molecule has 0 saturated heterocycles. The van der Waals surface area contributed by atoms with Gasteiger partial charge in [-0.3, -0.25) is 0 Å². The summed E-state index contributed by atoms with van der Waals surface area (Å²) in [5.74, 6) is -2.55. The minimum atomic E-state index is -2.55. The van der Waals surface area contributed by atoms with Crippen molar-refractivity contribution in [2.75, 3.05) is 11.9 Å². The van der Waals surface area contributed by atoms with Gasteiger partial charge in [-0.05, 0) is 41.8 Å². The fourth-order valence-corrected chi connectivity index (χ4v) is 2.99. The summed E-state index contributed by atoms with van der Waals surface area (Å²) in [5.41, 5.74) is 1.38. The molecule has 124 valence electrons. The lowest BCUT2D eigenvalue weighted by atomic mass is 9.74. The minimum Gasteiger partial charge on any atom is -0.361 e. The number of nitrogens with one attached hydrogen (secondary N) is 3. The van der Waals surface area contributed by atoms with Crippen LogP contribution in [0.5, 0.6) is 0 Å². The summed E-state index contributed by atoms with van der Waals surface area (Å²) >= 11 is 0. The average Bonchev–Trinajstić information content (AvgIpc) is 2.97. The summed E-state index contributed by atoms with van der Waals surface area (Å²) in [7, 11) is 0. The van der Waals surface area contributed by atoms with Gasteiger partial charge in [0.05, 0.1) is 0 Å². The van der Waals surface area contributed by atoms with E-state index >= 15 is 0 Å². The lowest BCUT2D eigenvalue weighted by molar-refractivity contribution is -0.0624. The van der Waals surface area contributed by atoms with Crippen molar-refractivity contribution in [3.63, 3.8) is 0 Å². The summed E-state index contributed by atoms with van der Waals surface area (Å²) in [6.07, 6.45) is 2.49. The Morgan fingerprint density at radius 2 is 1.96 bits per heavy atom. The second kappa shape index (κ2) is 5.83. The number of amides is 2. The summed E-state index contributed by atoms with van der Waals surface area (Å²) in [4.78, 5) is 15.1. The third-order valence-electron chi connectivity index (χ3n) is 4.68. The van der Waals surface area contributed by atoms with Crippen LogP contribution in [-0.4, -0.2) is 23.5 Å². The molecule has 1 aromatic heterocycles. The number of hydrogen-bond donors (Lipinski definition) is 3. The van der Waals surface area contributed by atoms with E-state index in [0.717, 1.165) is 10.9 Å². The molecule has 0 unspecified atom stereocenters. The lowest BCUT2D eigenvalue weighted by Crippen LogP contribution is -2.42. The van der Waals surface area contributed by atoms with Gasteiger partial charge in [0, 0.05) is 36.8 Å². The molecule has 1 aliphatic rings. The number of urea groups is 1. The van der Waals surface area contributed by atoms with Crippen molar-refractivity contribution in [1.29, 1.82) is 0 Å². The van der Waals surface area contributed by atoms with E-state index in [1.54, 1.807) is 0 Å². The first-order chi connectivity index (χ1) is 10.9. The standard InChI is InChI=1S/C17H21F2N3O/c1-16(5-7-17(18,19)8-6-16)11-21-15(23)22-13-3-2-12-4-9-20-14(12)10-13/h2-4,9-10,20H,5-8,11H2,1H3,(H2,21,22,23). The van der Waals surface area contributed by atoms with E-state index in [0.29, 0.717) is 25.1 Å². The first-order valence-electron chi connectivity index (χ1n) is 7.85. The molecule has 3 N–H and O–H groups in total. The van der Waals surface area contributed by atoms with Crippen LogP contribution in [0.25, 0.3) is 10.9 Å². The Bertz CT molecular complexity index is 701. The smallest absolute Gasteiger partial charge is 0.319 e. The molecule has 1 aliphatic carbocycles. The number of carbonyl (C=O) groups is 1. The molecule has 1 heterocycles. The number of alkyl halides is 2. The zero-order chi connectivity index (χ0) is 16.5. The predicted octanol–water partition coefficient (Wildman–Crippen LogP) is 4.51. The molecular formula is C17H21F2N3O. The predicted molar refractivity (Wildman–Crippen MR) is 86.8 cm³/mol.